The van der Waals surface area contributed by atoms with Gasteiger partial charge < -0.3 is 11.1 Å². The number of hydrogen-bond donors (Lipinski definition) is 2. The molecule has 3 heterocycles. The van der Waals surface area contributed by atoms with Crippen LogP contribution in [0.1, 0.15) is 27.3 Å². The van der Waals surface area contributed by atoms with Crippen LogP contribution in [0.15, 0.2) is 73.2 Å². The molecular weight excluding hydrogens is 419 g/mol. The van der Waals surface area contributed by atoms with Crippen LogP contribution in [0.25, 0.3) is 21.8 Å². The highest BCUT2D eigenvalue weighted by Gasteiger charge is 2.10. The number of amides is 1. The van der Waals surface area contributed by atoms with Crippen molar-refractivity contribution in [2.24, 2.45) is 0 Å². The number of nitrogens with zero attached hydrogens (tertiary/aromatic N) is 4. The molecule has 3 N–H and O–H groups in total. The van der Waals surface area contributed by atoms with Crippen LogP contribution < -0.4 is 11.1 Å². The zero-order valence-electron chi connectivity index (χ0n) is 17.5. The molecule has 33 heavy (non-hydrogen) atoms. The summed E-state index contributed by atoms with van der Waals surface area (Å²) in [6.07, 6.45) is 5.26. The summed E-state index contributed by atoms with van der Waals surface area (Å²) in [5.41, 5.74) is 9.75. The molecular formula is C25H19FN6O. The number of nitrogens with two attached hydrogens (primary N) is 1. The van der Waals surface area contributed by atoms with Crippen molar-refractivity contribution >= 4 is 33.5 Å². The predicted molar refractivity (Wildman–Crippen MR) is 124 cm³/mol. The Balaban J connectivity index is 1.29. The fourth-order valence-electron chi connectivity index (χ4n) is 3.65. The molecule has 0 aliphatic carbocycles. The van der Waals surface area contributed by atoms with E-state index in [1.54, 1.807) is 36.8 Å². The second-order valence-corrected chi connectivity index (χ2v) is 7.64. The molecule has 8 heteroatoms. The molecule has 3 aromatic heterocycles. The second kappa shape index (κ2) is 8.58. The molecule has 0 atom stereocenters. The molecule has 1 amide bonds. The van der Waals surface area contributed by atoms with Gasteiger partial charge in [-0.3, -0.25) is 14.8 Å². The smallest absolute Gasteiger partial charge is 0.251 e. The molecule has 162 valence electrons. The maximum atomic E-state index is 13.5. The number of nitrogen functional groups attached to an aromatic ring is 1. The molecule has 2 aromatic carbocycles. The Morgan fingerprint density at radius 1 is 0.909 bits per heavy atom. The van der Waals surface area contributed by atoms with Crippen LogP contribution in [0.4, 0.5) is 10.2 Å². The number of carbonyl (C=O) groups excluding carboxylic acids is 1. The van der Waals surface area contributed by atoms with E-state index in [0.717, 1.165) is 16.3 Å². The normalized spacial score (nSPS) is 11.1. The number of rotatable bonds is 5. The number of carbonyl (C=O) groups is 1. The number of fused-ring (bicyclic) bond motifs is 2. The number of hydrogen-bond acceptors (Lipinski definition) is 6. The van der Waals surface area contributed by atoms with Gasteiger partial charge in [-0.2, -0.15) is 0 Å². The third-order valence-electron chi connectivity index (χ3n) is 5.31. The second-order valence-electron chi connectivity index (χ2n) is 7.64. The summed E-state index contributed by atoms with van der Waals surface area (Å²) in [6.45, 7) is 0.371. The number of anilines is 1. The number of pyridine rings is 2. The van der Waals surface area contributed by atoms with Crippen LogP contribution in [-0.4, -0.2) is 25.8 Å². The molecule has 0 aliphatic rings. The largest absolute Gasteiger partial charge is 0.383 e. The molecule has 0 saturated heterocycles. The van der Waals surface area contributed by atoms with E-state index in [0.29, 0.717) is 46.8 Å². The van der Waals surface area contributed by atoms with Crippen molar-refractivity contribution in [2.45, 2.75) is 13.0 Å². The highest BCUT2D eigenvalue weighted by molar-refractivity contribution is 5.94. The van der Waals surface area contributed by atoms with Gasteiger partial charge in [-0.15, -0.1) is 0 Å². The lowest BCUT2D eigenvalue weighted by atomic mass is 10.1. The number of nitrogens with one attached hydrogen (secondary N) is 1. The fraction of sp³-hybridized carbons (Fsp3) is 0.0800. The first-order chi connectivity index (χ1) is 16.0. The van der Waals surface area contributed by atoms with Crippen molar-refractivity contribution in [2.75, 3.05) is 5.73 Å². The summed E-state index contributed by atoms with van der Waals surface area (Å²) in [7, 11) is 0. The Morgan fingerprint density at radius 2 is 1.79 bits per heavy atom. The van der Waals surface area contributed by atoms with Crippen LogP contribution >= 0.6 is 0 Å². The van der Waals surface area contributed by atoms with E-state index >= 15 is 0 Å². The average Bonchev–Trinajstić information content (AvgIpc) is 2.82. The van der Waals surface area contributed by atoms with Gasteiger partial charge in [-0.1, -0.05) is 12.1 Å². The molecule has 0 fully saturated rings. The minimum atomic E-state index is -0.364. The van der Waals surface area contributed by atoms with Crippen molar-refractivity contribution < 1.29 is 9.18 Å². The van der Waals surface area contributed by atoms with Crippen molar-refractivity contribution in [3.63, 3.8) is 0 Å². The maximum Gasteiger partial charge on any atom is 0.251 e. The highest BCUT2D eigenvalue weighted by Crippen LogP contribution is 2.20. The summed E-state index contributed by atoms with van der Waals surface area (Å²) in [5.74, 6) is -0.0920. The van der Waals surface area contributed by atoms with Crippen molar-refractivity contribution in [1.82, 2.24) is 25.3 Å². The van der Waals surface area contributed by atoms with Crippen LogP contribution in [0.3, 0.4) is 0 Å². The quantitative estimate of drug-likeness (QED) is 0.432. The van der Waals surface area contributed by atoms with Crippen LogP contribution in [0, 0.1) is 5.82 Å². The zero-order chi connectivity index (χ0) is 22.8. The first-order valence-electron chi connectivity index (χ1n) is 10.3. The van der Waals surface area contributed by atoms with Crippen molar-refractivity contribution in [3.8, 4) is 0 Å². The van der Waals surface area contributed by atoms with Gasteiger partial charge in [0, 0.05) is 54.3 Å². The molecule has 0 aliphatic heterocycles. The van der Waals surface area contributed by atoms with Gasteiger partial charge in [-0.25, -0.2) is 14.4 Å². The van der Waals surface area contributed by atoms with Crippen LogP contribution in [0.2, 0.25) is 0 Å². The number of aromatic nitrogens is 4. The number of halogens is 1. The molecule has 0 saturated carbocycles. The molecule has 7 nitrogen and oxygen atoms in total. The third-order valence-corrected chi connectivity index (χ3v) is 5.31. The summed E-state index contributed by atoms with van der Waals surface area (Å²) in [6, 6.07) is 15.4. The maximum absolute atomic E-state index is 13.5. The zero-order valence-corrected chi connectivity index (χ0v) is 17.5. The predicted octanol–water partition coefficient (Wildman–Crippen LogP) is 3.82. The van der Waals surface area contributed by atoms with Crippen molar-refractivity contribution in [1.29, 1.82) is 0 Å². The van der Waals surface area contributed by atoms with Gasteiger partial charge in [0.15, 0.2) is 0 Å². The molecule has 0 bridgehead atoms. The van der Waals surface area contributed by atoms with E-state index in [1.807, 2.05) is 24.3 Å². The monoisotopic (exact) mass is 438 g/mol. The Hall–Kier alpha value is -4.46. The molecule has 5 aromatic rings. The number of benzene rings is 2. The van der Waals surface area contributed by atoms with Crippen molar-refractivity contribution in [3.05, 3.63) is 102 Å². The molecule has 5 rings (SSSR count). The van der Waals surface area contributed by atoms with Crippen LogP contribution in [-0.2, 0) is 13.0 Å². The van der Waals surface area contributed by atoms with Gasteiger partial charge in [0.2, 0.25) is 0 Å². The van der Waals surface area contributed by atoms with Gasteiger partial charge in [0.05, 0.1) is 16.7 Å². The topological polar surface area (TPSA) is 107 Å². The first-order valence-corrected chi connectivity index (χ1v) is 10.3. The summed E-state index contributed by atoms with van der Waals surface area (Å²) < 4.78 is 13.5. The van der Waals surface area contributed by atoms with E-state index in [-0.39, 0.29) is 11.7 Å². The minimum absolute atomic E-state index is 0.209. The van der Waals surface area contributed by atoms with E-state index in [9.17, 15) is 9.18 Å². The standard InChI is InChI=1S/C25H19FN6O/c26-18-2-4-22-23(11-18)32-20(14-30-22)12-19-10-17(6-7-28-19)25(33)31-13-15-1-3-21-16(9-15)5-8-29-24(21)27/h1-11,14H,12-13H2,(H2,27,29)(H,31,33). The van der Waals surface area contributed by atoms with E-state index in [4.69, 9.17) is 5.73 Å². The molecule has 0 spiro atoms. The minimum Gasteiger partial charge on any atom is -0.383 e. The fourth-order valence-corrected chi connectivity index (χ4v) is 3.65. The summed E-state index contributed by atoms with van der Waals surface area (Å²) in [4.78, 5) is 29.9. The lowest BCUT2D eigenvalue weighted by Crippen LogP contribution is -2.23. The molecule has 0 unspecified atom stereocenters. The Kier molecular flexibility index (Phi) is 5.32. The van der Waals surface area contributed by atoms with Gasteiger partial charge in [-0.05, 0) is 47.3 Å². The average molecular weight is 438 g/mol. The SMILES string of the molecule is Nc1nccc2cc(CNC(=O)c3ccnc(Cc4cnc5ccc(F)cc5n4)c3)ccc12. The van der Waals surface area contributed by atoms with Gasteiger partial charge >= 0.3 is 0 Å². The Morgan fingerprint density at radius 3 is 2.70 bits per heavy atom. The lowest BCUT2D eigenvalue weighted by molar-refractivity contribution is 0.0950. The van der Waals surface area contributed by atoms with Gasteiger partial charge in [0.25, 0.3) is 5.91 Å². The molecule has 0 radical (unpaired) electrons. The lowest BCUT2D eigenvalue weighted by Gasteiger charge is -2.08. The summed E-state index contributed by atoms with van der Waals surface area (Å²) >= 11 is 0. The van der Waals surface area contributed by atoms with Gasteiger partial charge in [0.1, 0.15) is 11.6 Å². The highest BCUT2D eigenvalue weighted by atomic mass is 19.1. The Labute approximate surface area is 188 Å². The van der Waals surface area contributed by atoms with E-state index < -0.39 is 0 Å². The van der Waals surface area contributed by atoms with E-state index in [2.05, 4.69) is 25.3 Å². The Bertz CT molecular complexity index is 1500. The summed E-state index contributed by atoms with van der Waals surface area (Å²) in [5, 5.41) is 4.78. The first kappa shape index (κ1) is 20.4. The van der Waals surface area contributed by atoms with Crippen LogP contribution in [0.5, 0.6) is 0 Å². The van der Waals surface area contributed by atoms with E-state index in [1.165, 1.54) is 12.1 Å². The third kappa shape index (κ3) is 4.45.